The molecule has 10 heteroatoms. The average molecular weight is 588 g/mol. The summed E-state index contributed by atoms with van der Waals surface area (Å²) in [5, 5.41) is 3.20. The first-order chi connectivity index (χ1) is 19.0. The van der Waals surface area contributed by atoms with Crippen molar-refractivity contribution in [1.82, 2.24) is 10.2 Å². The number of anilines is 1. The summed E-state index contributed by atoms with van der Waals surface area (Å²) in [6, 6.07) is 19.5. The summed E-state index contributed by atoms with van der Waals surface area (Å²) in [7, 11) is -3.67. The van der Waals surface area contributed by atoms with E-state index in [-0.39, 0.29) is 49.7 Å². The maximum atomic E-state index is 14.7. The van der Waals surface area contributed by atoms with Crippen LogP contribution in [-0.4, -0.2) is 50.5 Å². The fourth-order valence-corrected chi connectivity index (χ4v) is 5.67. The van der Waals surface area contributed by atoms with Crippen LogP contribution in [0.1, 0.15) is 36.5 Å². The molecule has 3 aromatic carbocycles. The Morgan fingerprint density at radius 3 is 2.35 bits per heavy atom. The number of nitrogens with zero attached hydrogens (tertiary/aromatic N) is 2. The number of benzene rings is 3. The fraction of sp³-hybridized carbons (Fsp3) is 0.333. The first-order valence-corrected chi connectivity index (χ1v) is 15.3. The summed E-state index contributed by atoms with van der Waals surface area (Å²) in [5.74, 6) is -1.20. The first kappa shape index (κ1) is 31.1. The Hall–Kier alpha value is -3.43. The molecule has 0 saturated heterocycles. The molecule has 0 heterocycles. The highest BCUT2D eigenvalue weighted by atomic mass is 35.5. The number of halogens is 2. The Balaban J connectivity index is 1.89. The van der Waals surface area contributed by atoms with Gasteiger partial charge in [-0.15, -0.1) is 0 Å². The molecule has 1 atom stereocenters. The smallest absolute Gasteiger partial charge is 0.243 e. The van der Waals surface area contributed by atoms with E-state index in [1.54, 1.807) is 50.2 Å². The molecule has 2 amide bonds. The predicted molar refractivity (Wildman–Crippen MR) is 157 cm³/mol. The lowest BCUT2D eigenvalue weighted by Gasteiger charge is -2.32. The van der Waals surface area contributed by atoms with Gasteiger partial charge in [-0.05, 0) is 49.6 Å². The molecule has 0 radical (unpaired) electrons. The normalized spacial score (nSPS) is 12.0. The molecule has 0 aliphatic carbocycles. The van der Waals surface area contributed by atoms with E-state index in [9.17, 15) is 22.4 Å². The molecule has 214 valence electrons. The largest absolute Gasteiger partial charge is 0.355 e. The summed E-state index contributed by atoms with van der Waals surface area (Å²) in [6.07, 6.45) is 1.47. The summed E-state index contributed by atoms with van der Waals surface area (Å²) in [5.41, 5.74) is 2.30. The minimum Gasteiger partial charge on any atom is -0.355 e. The molecule has 0 fully saturated rings. The number of carbonyl (C=O) groups is 2. The number of rotatable bonds is 13. The number of aryl methyl sites for hydroxylation is 1. The van der Waals surface area contributed by atoms with Gasteiger partial charge in [-0.2, -0.15) is 0 Å². The van der Waals surface area contributed by atoms with E-state index in [1.165, 1.54) is 15.3 Å². The topological polar surface area (TPSA) is 86.8 Å². The molecule has 0 aliphatic heterocycles. The van der Waals surface area contributed by atoms with Crippen molar-refractivity contribution in [2.24, 2.45) is 0 Å². The third kappa shape index (κ3) is 8.53. The average Bonchev–Trinajstić information content (AvgIpc) is 2.91. The molecule has 1 N–H and O–H groups in total. The molecule has 0 saturated carbocycles. The molecule has 0 aliphatic rings. The van der Waals surface area contributed by atoms with Crippen LogP contribution in [0.25, 0.3) is 0 Å². The number of hydrogen-bond donors (Lipinski definition) is 1. The highest BCUT2D eigenvalue weighted by Gasteiger charge is 2.31. The highest BCUT2D eigenvalue weighted by Crippen LogP contribution is 2.27. The Morgan fingerprint density at radius 1 is 1.02 bits per heavy atom. The van der Waals surface area contributed by atoms with Crippen molar-refractivity contribution in [3.8, 4) is 0 Å². The van der Waals surface area contributed by atoms with Gasteiger partial charge in [0, 0.05) is 43.1 Å². The number of nitrogens with one attached hydrogen (secondary N) is 1. The third-order valence-electron chi connectivity index (χ3n) is 6.51. The van der Waals surface area contributed by atoms with E-state index >= 15 is 0 Å². The van der Waals surface area contributed by atoms with Gasteiger partial charge in [-0.1, -0.05) is 66.2 Å². The van der Waals surface area contributed by atoms with E-state index in [0.29, 0.717) is 17.3 Å². The number of sulfonamides is 1. The Labute approximate surface area is 241 Å². The summed E-state index contributed by atoms with van der Waals surface area (Å²) in [4.78, 5) is 28.4. The van der Waals surface area contributed by atoms with Crippen LogP contribution in [0.3, 0.4) is 0 Å². The Morgan fingerprint density at radius 2 is 1.70 bits per heavy atom. The van der Waals surface area contributed by atoms with E-state index in [0.717, 1.165) is 17.4 Å². The zero-order chi connectivity index (χ0) is 29.3. The highest BCUT2D eigenvalue weighted by molar-refractivity contribution is 7.92. The van der Waals surface area contributed by atoms with Gasteiger partial charge in [0.2, 0.25) is 21.8 Å². The standard InChI is InChI=1S/C30H35ClFN3O4S/c1-4-33-30(37)28(19-23-11-6-5-7-12-23)34(21-24-13-8-9-14-26(24)32)29(36)15-10-18-35(40(3,38)39)27-20-25(31)17-16-22(27)2/h5-9,11-14,16-17,20,28H,4,10,15,18-19,21H2,1-3H3,(H,33,37)/t28-/m1/s1. The van der Waals surface area contributed by atoms with Crippen LogP contribution < -0.4 is 9.62 Å². The van der Waals surface area contributed by atoms with Gasteiger partial charge < -0.3 is 10.2 Å². The number of hydrogen-bond acceptors (Lipinski definition) is 4. The van der Waals surface area contributed by atoms with Crippen molar-refractivity contribution in [1.29, 1.82) is 0 Å². The molecular weight excluding hydrogens is 553 g/mol. The second kappa shape index (κ2) is 14.3. The maximum absolute atomic E-state index is 14.7. The van der Waals surface area contributed by atoms with Crippen LogP contribution in [0.4, 0.5) is 10.1 Å². The van der Waals surface area contributed by atoms with Crippen LogP contribution in [0.15, 0.2) is 72.8 Å². The lowest BCUT2D eigenvalue weighted by Crippen LogP contribution is -2.50. The van der Waals surface area contributed by atoms with Gasteiger partial charge in [0.05, 0.1) is 11.9 Å². The number of amides is 2. The van der Waals surface area contributed by atoms with Crippen LogP contribution in [-0.2, 0) is 32.6 Å². The predicted octanol–water partition coefficient (Wildman–Crippen LogP) is 5.11. The molecule has 0 bridgehead atoms. The van der Waals surface area contributed by atoms with Crippen molar-refractivity contribution >= 4 is 39.1 Å². The zero-order valence-electron chi connectivity index (χ0n) is 22.9. The number of carbonyl (C=O) groups excluding carboxylic acids is 2. The van der Waals surface area contributed by atoms with Crippen molar-refractivity contribution in [2.45, 2.75) is 45.7 Å². The van der Waals surface area contributed by atoms with Gasteiger partial charge >= 0.3 is 0 Å². The molecule has 7 nitrogen and oxygen atoms in total. The zero-order valence-corrected chi connectivity index (χ0v) is 24.5. The van der Waals surface area contributed by atoms with Crippen LogP contribution >= 0.6 is 11.6 Å². The molecule has 40 heavy (non-hydrogen) atoms. The molecule has 0 spiro atoms. The quantitative estimate of drug-likeness (QED) is 0.301. The monoisotopic (exact) mass is 587 g/mol. The van der Waals surface area contributed by atoms with Gasteiger partial charge in [0.15, 0.2) is 0 Å². The van der Waals surface area contributed by atoms with Gasteiger partial charge in [0.25, 0.3) is 0 Å². The Bertz CT molecular complexity index is 1420. The summed E-state index contributed by atoms with van der Waals surface area (Å²) < 4.78 is 41.2. The molecule has 0 unspecified atom stereocenters. The summed E-state index contributed by atoms with van der Waals surface area (Å²) >= 11 is 6.13. The number of likely N-dealkylation sites (N-methyl/N-ethyl adjacent to an activating group) is 1. The maximum Gasteiger partial charge on any atom is 0.243 e. The first-order valence-electron chi connectivity index (χ1n) is 13.1. The molecule has 3 rings (SSSR count). The lowest BCUT2D eigenvalue weighted by atomic mass is 10.0. The third-order valence-corrected chi connectivity index (χ3v) is 7.93. The van der Waals surface area contributed by atoms with Gasteiger partial charge in [0.1, 0.15) is 11.9 Å². The van der Waals surface area contributed by atoms with E-state index in [1.807, 2.05) is 30.3 Å². The van der Waals surface area contributed by atoms with Crippen LogP contribution in [0.2, 0.25) is 5.02 Å². The van der Waals surface area contributed by atoms with Crippen molar-refractivity contribution in [3.05, 3.63) is 100 Å². The lowest BCUT2D eigenvalue weighted by molar-refractivity contribution is -0.141. The van der Waals surface area contributed by atoms with E-state index in [4.69, 9.17) is 11.6 Å². The van der Waals surface area contributed by atoms with Crippen molar-refractivity contribution < 1.29 is 22.4 Å². The SMILES string of the molecule is CCNC(=O)[C@@H](Cc1ccccc1)N(Cc1ccccc1F)C(=O)CCCN(c1cc(Cl)ccc1C)S(C)(=O)=O. The van der Waals surface area contributed by atoms with Crippen molar-refractivity contribution in [3.63, 3.8) is 0 Å². The fourth-order valence-electron chi connectivity index (χ4n) is 4.49. The Kier molecular flexibility index (Phi) is 11.1. The second-order valence-electron chi connectivity index (χ2n) is 9.58. The molecule has 0 aromatic heterocycles. The van der Waals surface area contributed by atoms with Crippen molar-refractivity contribution in [2.75, 3.05) is 23.7 Å². The van der Waals surface area contributed by atoms with Gasteiger partial charge in [-0.3, -0.25) is 13.9 Å². The van der Waals surface area contributed by atoms with E-state index in [2.05, 4.69) is 5.32 Å². The van der Waals surface area contributed by atoms with Crippen LogP contribution in [0.5, 0.6) is 0 Å². The van der Waals surface area contributed by atoms with Gasteiger partial charge in [-0.25, -0.2) is 12.8 Å². The minimum atomic E-state index is -3.67. The summed E-state index contributed by atoms with van der Waals surface area (Å²) in [6.45, 7) is 3.87. The molecule has 3 aromatic rings. The van der Waals surface area contributed by atoms with Crippen LogP contribution in [0, 0.1) is 12.7 Å². The molecular formula is C30H35ClFN3O4S. The van der Waals surface area contributed by atoms with E-state index < -0.39 is 21.9 Å². The minimum absolute atomic E-state index is 0.0315. The second-order valence-corrected chi connectivity index (χ2v) is 11.9.